The van der Waals surface area contributed by atoms with Crippen LogP contribution in [-0.2, 0) is 13.0 Å². The summed E-state index contributed by atoms with van der Waals surface area (Å²) in [6.45, 7) is 7.01. The van der Waals surface area contributed by atoms with Crippen LogP contribution in [0.25, 0.3) is 0 Å². The lowest BCUT2D eigenvalue weighted by atomic mass is 10.1. The lowest BCUT2D eigenvalue weighted by molar-refractivity contribution is 0.620. The Morgan fingerprint density at radius 1 is 1.29 bits per heavy atom. The molecular formula is C13H18N4. The number of hydrogen-bond donors (Lipinski definition) is 1. The van der Waals surface area contributed by atoms with Crippen molar-refractivity contribution in [2.24, 2.45) is 0 Å². The molecule has 4 heteroatoms. The molecule has 0 saturated carbocycles. The SMILES string of the molecule is CCc1c(N)nnn1Cc1cc(C)ccc1C. The standard InChI is InChI=1S/C13H18N4/c1-4-12-13(14)15-16-17(12)8-11-7-9(2)5-6-10(11)3/h5-7H,4,8,14H2,1-3H3. The molecule has 0 spiro atoms. The predicted molar refractivity (Wildman–Crippen MR) is 68.8 cm³/mol. The molecule has 17 heavy (non-hydrogen) atoms. The smallest absolute Gasteiger partial charge is 0.169 e. The van der Waals surface area contributed by atoms with Gasteiger partial charge in [0.25, 0.3) is 0 Å². The van der Waals surface area contributed by atoms with E-state index >= 15 is 0 Å². The fourth-order valence-corrected chi connectivity index (χ4v) is 1.97. The first-order valence-corrected chi connectivity index (χ1v) is 5.85. The molecule has 0 fully saturated rings. The van der Waals surface area contributed by atoms with E-state index in [1.807, 2.05) is 4.68 Å². The van der Waals surface area contributed by atoms with Crippen LogP contribution in [0.3, 0.4) is 0 Å². The maximum absolute atomic E-state index is 5.78. The van der Waals surface area contributed by atoms with Gasteiger partial charge in [0.05, 0.1) is 12.2 Å². The maximum Gasteiger partial charge on any atom is 0.169 e. The monoisotopic (exact) mass is 230 g/mol. The number of aryl methyl sites for hydroxylation is 2. The second-order valence-corrected chi connectivity index (χ2v) is 4.36. The van der Waals surface area contributed by atoms with Gasteiger partial charge >= 0.3 is 0 Å². The molecule has 1 aromatic carbocycles. The topological polar surface area (TPSA) is 56.7 Å². The number of hydrogen-bond acceptors (Lipinski definition) is 3. The molecule has 0 atom stereocenters. The van der Waals surface area contributed by atoms with Crippen LogP contribution in [0.2, 0.25) is 0 Å². The van der Waals surface area contributed by atoms with Gasteiger partial charge in [0, 0.05) is 0 Å². The van der Waals surface area contributed by atoms with Gasteiger partial charge in [-0.05, 0) is 31.4 Å². The molecule has 0 bridgehead atoms. The van der Waals surface area contributed by atoms with Gasteiger partial charge in [0.2, 0.25) is 0 Å². The van der Waals surface area contributed by atoms with E-state index in [0.29, 0.717) is 5.82 Å². The summed E-state index contributed by atoms with van der Waals surface area (Å²) in [6, 6.07) is 6.44. The Bertz CT molecular complexity index is 528. The molecule has 2 aromatic rings. The zero-order chi connectivity index (χ0) is 12.4. The van der Waals surface area contributed by atoms with Crippen LogP contribution in [0.5, 0.6) is 0 Å². The number of nitrogens with zero attached hydrogens (tertiary/aromatic N) is 3. The fraction of sp³-hybridized carbons (Fsp3) is 0.385. The highest BCUT2D eigenvalue weighted by Gasteiger charge is 2.09. The molecule has 4 nitrogen and oxygen atoms in total. The molecule has 1 aromatic heterocycles. The van der Waals surface area contributed by atoms with E-state index in [-0.39, 0.29) is 0 Å². The van der Waals surface area contributed by atoms with Crippen LogP contribution in [0.15, 0.2) is 18.2 Å². The minimum atomic E-state index is 0.540. The van der Waals surface area contributed by atoms with E-state index in [2.05, 4.69) is 49.3 Å². The largest absolute Gasteiger partial charge is 0.381 e. The summed E-state index contributed by atoms with van der Waals surface area (Å²) < 4.78 is 1.89. The molecule has 0 aliphatic rings. The number of rotatable bonds is 3. The first kappa shape index (κ1) is 11.6. The molecule has 0 amide bonds. The summed E-state index contributed by atoms with van der Waals surface area (Å²) >= 11 is 0. The number of benzene rings is 1. The third-order valence-corrected chi connectivity index (χ3v) is 3.03. The van der Waals surface area contributed by atoms with Gasteiger partial charge < -0.3 is 5.73 Å². The van der Waals surface area contributed by atoms with Crippen molar-refractivity contribution in [2.75, 3.05) is 5.73 Å². The molecule has 2 rings (SSSR count). The van der Waals surface area contributed by atoms with E-state index in [0.717, 1.165) is 18.7 Å². The number of nitrogens with two attached hydrogens (primary N) is 1. The van der Waals surface area contributed by atoms with Crippen LogP contribution < -0.4 is 5.73 Å². The van der Waals surface area contributed by atoms with Crippen molar-refractivity contribution in [1.29, 1.82) is 0 Å². The van der Waals surface area contributed by atoms with E-state index in [4.69, 9.17) is 5.73 Å². The quantitative estimate of drug-likeness (QED) is 0.878. The predicted octanol–water partition coefficient (Wildman–Crippen LogP) is 2.09. The van der Waals surface area contributed by atoms with Crippen molar-refractivity contribution in [1.82, 2.24) is 15.0 Å². The highest BCUT2D eigenvalue weighted by Crippen LogP contribution is 2.15. The van der Waals surface area contributed by atoms with Crippen molar-refractivity contribution in [3.63, 3.8) is 0 Å². The molecule has 90 valence electrons. The summed E-state index contributed by atoms with van der Waals surface area (Å²) in [5.41, 5.74) is 10.6. The summed E-state index contributed by atoms with van der Waals surface area (Å²) in [6.07, 6.45) is 0.851. The first-order chi connectivity index (χ1) is 8.11. The molecular weight excluding hydrogens is 212 g/mol. The maximum atomic E-state index is 5.78. The molecule has 0 radical (unpaired) electrons. The van der Waals surface area contributed by atoms with Gasteiger partial charge in [-0.2, -0.15) is 0 Å². The van der Waals surface area contributed by atoms with Gasteiger partial charge in [-0.15, -0.1) is 5.10 Å². The second-order valence-electron chi connectivity index (χ2n) is 4.36. The van der Waals surface area contributed by atoms with Crippen molar-refractivity contribution in [2.45, 2.75) is 33.7 Å². The number of anilines is 1. The molecule has 0 unspecified atom stereocenters. The third-order valence-electron chi connectivity index (χ3n) is 3.03. The van der Waals surface area contributed by atoms with Crippen LogP contribution in [0, 0.1) is 13.8 Å². The Morgan fingerprint density at radius 2 is 2.06 bits per heavy atom. The molecule has 1 heterocycles. The van der Waals surface area contributed by atoms with Crippen LogP contribution in [0.1, 0.15) is 29.3 Å². The fourth-order valence-electron chi connectivity index (χ4n) is 1.97. The highest BCUT2D eigenvalue weighted by molar-refractivity contribution is 5.35. The lowest BCUT2D eigenvalue weighted by Gasteiger charge is -2.09. The summed E-state index contributed by atoms with van der Waals surface area (Å²) in [4.78, 5) is 0. The molecule has 0 saturated heterocycles. The number of nitrogen functional groups attached to an aromatic ring is 1. The van der Waals surface area contributed by atoms with E-state index < -0.39 is 0 Å². The molecule has 0 aliphatic carbocycles. The summed E-state index contributed by atoms with van der Waals surface area (Å²) in [5.74, 6) is 0.540. The van der Waals surface area contributed by atoms with Gasteiger partial charge in [-0.25, -0.2) is 4.68 Å². The van der Waals surface area contributed by atoms with Crippen molar-refractivity contribution in [3.05, 3.63) is 40.6 Å². The molecule has 0 aliphatic heterocycles. The van der Waals surface area contributed by atoms with Crippen molar-refractivity contribution < 1.29 is 0 Å². The van der Waals surface area contributed by atoms with Crippen molar-refractivity contribution >= 4 is 5.82 Å². The van der Waals surface area contributed by atoms with Gasteiger partial charge in [-0.3, -0.25) is 0 Å². The Morgan fingerprint density at radius 3 is 2.76 bits per heavy atom. The zero-order valence-corrected chi connectivity index (χ0v) is 10.6. The van der Waals surface area contributed by atoms with E-state index in [1.165, 1.54) is 16.7 Å². The lowest BCUT2D eigenvalue weighted by Crippen LogP contribution is -2.08. The normalized spacial score (nSPS) is 10.8. The average Bonchev–Trinajstić information content (AvgIpc) is 2.64. The van der Waals surface area contributed by atoms with E-state index in [1.54, 1.807) is 0 Å². The average molecular weight is 230 g/mol. The van der Waals surface area contributed by atoms with Crippen LogP contribution in [-0.4, -0.2) is 15.0 Å². The summed E-state index contributed by atoms with van der Waals surface area (Å²) in [7, 11) is 0. The first-order valence-electron chi connectivity index (χ1n) is 5.85. The van der Waals surface area contributed by atoms with Crippen LogP contribution >= 0.6 is 0 Å². The van der Waals surface area contributed by atoms with Gasteiger partial charge in [0.15, 0.2) is 5.82 Å². The van der Waals surface area contributed by atoms with Crippen molar-refractivity contribution in [3.8, 4) is 0 Å². The van der Waals surface area contributed by atoms with E-state index in [9.17, 15) is 0 Å². The minimum absolute atomic E-state index is 0.540. The Kier molecular flexibility index (Phi) is 3.13. The summed E-state index contributed by atoms with van der Waals surface area (Å²) in [5, 5.41) is 8.02. The van der Waals surface area contributed by atoms with Gasteiger partial charge in [0.1, 0.15) is 0 Å². The molecule has 2 N–H and O–H groups in total. The highest BCUT2D eigenvalue weighted by atomic mass is 15.4. The Balaban J connectivity index is 2.34. The van der Waals surface area contributed by atoms with Crippen LogP contribution in [0.4, 0.5) is 5.82 Å². The number of aromatic nitrogens is 3. The van der Waals surface area contributed by atoms with Gasteiger partial charge in [-0.1, -0.05) is 35.9 Å². The third kappa shape index (κ3) is 2.30. The minimum Gasteiger partial charge on any atom is -0.381 e. The zero-order valence-electron chi connectivity index (χ0n) is 10.6. The Hall–Kier alpha value is -1.84. The Labute approximate surface area is 101 Å². The second kappa shape index (κ2) is 4.57.